The van der Waals surface area contributed by atoms with Gasteiger partial charge in [-0.15, -0.1) is 0 Å². The summed E-state index contributed by atoms with van der Waals surface area (Å²) in [5.74, 6) is 1.65. The fraction of sp³-hybridized carbons (Fsp3) is 0.364. The zero-order valence-corrected chi connectivity index (χ0v) is 9.73. The Balaban J connectivity index is 2.53. The second kappa shape index (κ2) is 4.60. The molecule has 6 nitrogen and oxygen atoms in total. The Morgan fingerprint density at radius 1 is 1.35 bits per heavy atom. The van der Waals surface area contributed by atoms with Crippen molar-refractivity contribution in [3.05, 3.63) is 18.0 Å². The smallest absolute Gasteiger partial charge is 0.163 e. The molecule has 0 fully saturated rings. The van der Waals surface area contributed by atoms with E-state index in [-0.39, 0.29) is 6.54 Å². The Morgan fingerprint density at radius 2 is 2.00 bits per heavy atom. The van der Waals surface area contributed by atoms with Crippen molar-refractivity contribution in [1.82, 2.24) is 9.97 Å². The van der Waals surface area contributed by atoms with Crippen LogP contribution in [0.15, 0.2) is 12.1 Å². The fourth-order valence-electron chi connectivity index (χ4n) is 1.63. The maximum atomic E-state index is 9.60. The van der Waals surface area contributed by atoms with Gasteiger partial charge in [0.15, 0.2) is 11.5 Å². The number of aliphatic hydroxyl groups is 1. The molecule has 0 bridgehead atoms. The number of methoxy groups -OCH3 is 2. The standard InChI is InChI=1S/C11H15N3O3/c1-16-9-3-6-7(4-10(9)17-2)14-11(13-6)8(15)5-12/h3-4,8,15H,5,12H2,1-2H3,(H,13,14). The number of hydrogen-bond acceptors (Lipinski definition) is 5. The van der Waals surface area contributed by atoms with Crippen molar-refractivity contribution < 1.29 is 14.6 Å². The van der Waals surface area contributed by atoms with Gasteiger partial charge >= 0.3 is 0 Å². The van der Waals surface area contributed by atoms with Gasteiger partial charge in [0.25, 0.3) is 0 Å². The summed E-state index contributed by atoms with van der Waals surface area (Å²) in [5, 5.41) is 9.60. The minimum Gasteiger partial charge on any atom is -0.493 e. The van der Waals surface area contributed by atoms with Gasteiger partial charge in [-0.05, 0) is 0 Å². The van der Waals surface area contributed by atoms with E-state index in [1.807, 2.05) is 0 Å². The first-order chi connectivity index (χ1) is 8.19. The summed E-state index contributed by atoms with van der Waals surface area (Å²) in [6.07, 6.45) is -0.792. The Bertz CT molecular complexity index is 483. The van der Waals surface area contributed by atoms with Crippen LogP contribution in [0.3, 0.4) is 0 Å². The van der Waals surface area contributed by atoms with E-state index < -0.39 is 6.10 Å². The second-order valence-corrected chi connectivity index (χ2v) is 3.60. The highest BCUT2D eigenvalue weighted by Crippen LogP contribution is 2.31. The van der Waals surface area contributed by atoms with Gasteiger partial charge in [-0.3, -0.25) is 0 Å². The van der Waals surface area contributed by atoms with Gasteiger partial charge in [0.1, 0.15) is 11.9 Å². The number of ether oxygens (including phenoxy) is 2. The first kappa shape index (κ1) is 11.7. The second-order valence-electron chi connectivity index (χ2n) is 3.60. The van der Waals surface area contributed by atoms with E-state index in [1.165, 1.54) is 0 Å². The Morgan fingerprint density at radius 3 is 2.59 bits per heavy atom. The molecule has 0 aliphatic heterocycles. The van der Waals surface area contributed by atoms with Crippen LogP contribution in [0.1, 0.15) is 11.9 Å². The van der Waals surface area contributed by atoms with Crippen molar-refractivity contribution in [2.75, 3.05) is 20.8 Å². The molecule has 1 atom stereocenters. The third-order valence-electron chi connectivity index (χ3n) is 2.54. The molecule has 92 valence electrons. The Hall–Kier alpha value is -1.79. The molecule has 0 amide bonds. The van der Waals surface area contributed by atoms with E-state index >= 15 is 0 Å². The average Bonchev–Trinajstić information content (AvgIpc) is 2.78. The molecule has 6 heteroatoms. The van der Waals surface area contributed by atoms with E-state index in [0.29, 0.717) is 22.8 Å². The summed E-state index contributed by atoms with van der Waals surface area (Å²) in [7, 11) is 3.13. The summed E-state index contributed by atoms with van der Waals surface area (Å²) >= 11 is 0. The molecular formula is C11H15N3O3. The van der Waals surface area contributed by atoms with Crippen LogP contribution in [0.25, 0.3) is 11.0 Å². The molecule has 0 aliphatic rings. The predicted molar refractivity (Wildman–Crippen MR) is 63.2 cm³/mol. The highest BCUT2D eigenvalue weighted by molar-refractivity contribution is 5.79. The number of aliphatic hydroxyl groups excluding tert-OH is 1. The van der Waals surface area contributed by atoms with Gasteiger partial charge in [0, 0.05) is 18.7 Å². The zero-order valence-electron chi connectivity index (χ0n) is 9.73. The predicted octanol–water partition coefficient (Wildman–Crippen LogP) is 0.572. The highest BCUT2D eigenvalue weighted by atomic mass is 16.5. The number of H-pyrrole nitrogens is 1. The lowest BCUT2D eigenvalue weighted by Crippen LogP contribution is -2.12. The normalized spacial score (nSPS) is 12.7. The van der Waals surface area contributed by atoms with E-state index in [4.69, 9.17) is 15.2 Å². The van der Waals surface area contributed by atoms with E-state index in [0.717, 1.165) is 5.52 Å². The van der Waals surface area contributed by atoms with Crippen LogP contribution in [0.2, 0.25) is 0 Å². The number of hydrogen-bond donors (Lipinski definition) is 3. The van der Waals surface area contributed by atoms with Gasteiger partial charge in [0.2, 0.25) is 0 Å². The molecular weight excluding hydrogens is 222 g/mol. The molecule has 0 spiro atoms. The topological polar surface area (TPSA) is 93.4 Å². The highest BCUT2D eigenvalue weighted by Gasteiger charge is 2.13. The van der Waals surface area contributed by atoms with Gasteiger partial charge < -0.3 is 25.3 Å². The lowest BCUT2D eigenvalue weighted by atomic mass is 10.3. The Labute approximate surface area is 98.4 Å². The number of imidazole rings is 1. The van der Waals surface area contributed by atoms with Crippen molar-refractivity contribution in [2.45, 2.75) is 6.10 Å². The van der Waals surface area contributed by atoms with Crippen molar-refractivity contribution in [3.63, 3.8) is 0 Å². The van der Waals surface area contributed by atoms with E-state index in [1.54, 1.807) is 26.4 Å². The maximum absolute atomic E-state index is 9.60. The van der Waals surface area contributed by atoms with Gasteiger partial charge in [-0.2, -0.15) is 0 Å². The van der Waals surface area contributed by atoms with Crippen LogP contribution in [0.5, 0.6) is 11.5 Å². The van der Waals surface area contributed by atoms with Crippen molar-refractivity contribution in [3.8, 4) is 11.5 Å². The molecule has 0 saturated carbocycles. The molecule has 1 heterocycles. The summed E-state index contributed by atoms with van der Waals surface area (Å²) < 4.78 is 10.4. The van der Waals surface area contributed by atoms with Crippen molar-refractivity contribution >= 4 is 11.0 Å². The number of benzene rings is 1. The van der Waals surface area contributed by atoms with Crippen LogP contribution in [0.4, 0.5) is 0 Å². The van der Waals surface area contributed by atoms with E-state index in [9.17, 15) is 5.11 Å². The summed E-state index contributed by atoms with van der Waals surface area (Å²) in [6.45, 7) is 0.119. The van der Waals surface area contributed by atoms with Crippen LogP contribution in [0, 0.1) is 0 Å². The number of nitrogens with zero attached hydrogens (tertiary/aromatic N) is 1. The Kier molecular flexibility index (Phi) is 3.16. The number of nitrogens with one attached hydrogen (secondary N) is 1. The molecule has 1 aromatic carbocycles. The quantitative estimate of drug-likeness (QED) is 0.723. The van der Waals surface area contributed by atoms with Gasteiger partial charge in [-0.1, -0.05) is 0 Å². The molecule has 1 aromatic heterocycles. The van der Waals surface area contributed by atoms with Gasteiger partial charge in [-0.25, -0.2) is 4.98 Å². The average molecular weight is 237 g/mol. The number of aromatic nitrogens is 2. The van der Waals surface area contributed by atoms with Crippen LogP contribution >= 0.6 is 0 Å². The zero-order chi connectivity index (χ0) is 12.4. The lowest BCUT2D eigenvalue weighted by Gasteiger charge is -2.06. The molecule has 0 saturated heterocycles. The molecule has 2 aromatic rings. The number of aromatic amines is 1. The third kappa shape index (κ3) is 2.04. The number of rotatable bonds is 4. The molecule has 2 rings (SSSR count). The van der Waals surface area contributed by atoms with Crippen molar-refractivity contribution in [1.29, 1.82) is 0 Å². The molecule has 4 N–H and O–H groups in total. The van der Waals surface area contributed by atoms with Gasteiger partial charge in [0.05, 0.1) is 25.3 Å². The van der Waals surface area contributed by atoms with Crippen LogP contribution in [-0.4, -0.2) is 35.8 Å². The largest absolute Gasteiger partial charge is 0.493 e. The number of nitrogens with two attached hydrogens (primary N) is 1. The SMILES string of the molecule is COc1cc2nc(C(O)CN)[nH]c2cc1OC. The minimum atomic E-state index is -0.792. The molecule has 0 aliphatic carbocycles. The maximum Gasteiger partial charge on any atom is 0.163 e. The number of fused-ring (bicyclic) bond motifs is 1. The fourth-order valence-corrected chi connectivity index (χ4v) is 1.63. The summed E-state index contributed by atoms with van der Waals surface area (Å²) in [5.41, 5.74) is 6.85. The van der Waals surface area contributed by atoms with Crippen LogP contribution < -0.4 is 15.2 Å². The lowest BCUT2D eigenvalue weighted by molar-refractivity contribution is 0.178. The summed E-state index contributed by atoms with van der Waals surface area (Å²) in [4.78, 5) is 7.24. The first-order valence-electron chi connectivity index (χ1n) is 5.19. The molecule has 0 radical (unpaired) electrons. The first-order valence-corrected chi connectivity index (χ1v) is 5.19. The van der Waals surface area contributed by atoms with Crippen molar-refractivity contribution in [2.24, 2.45) is 5.73 Å². The molecule has 17 heavy (non-hydrogen) atoms. The monoisotopic (exact) mass is 237 g/mol. The molecule has 1 unspecified atom stereocenters. The van der Waals surface area contributed by atoms with E-state index in [2.05, 4.69) is 9.97 Å². The third-order valence-corrected chi connectivity index (χ3v) is 2.54. The van der Waals surface area contributed by atoms with Crippen LogP contribution in [-0.2, 0) is 0 Å². The summed E-state index contributed by atoms with van der Waals surface area (Å²) in [6, 6.07) is 3.52. The minimum absolute atomic E-state index is 0.119.